The van der Waals surface area contributed by atoms with Crippen LogP contribution in [0.4, 0.5) is 11.4 Å². The number of para-hydroxylation sites is 1. The van der Waals surface area contributed by atoms with Gasteiger partial charge < -0.3 is 25.4 Å². The van der Waals surface area contributed by atoms with E-state index in [0.29, 0.717) is 40.4 Å². The first-order valence-electron chi connectivity index (χ1n) is 14.3. The maximum atomic E-state index is 13.4. The van der Waals surface area contributed by atoms with Gasteiger partial charge in [-0.25, -0.2) is 4.79 Å². The number of nitrogens with one attached hydrogen (secondary N) is 3. The quantitative estimate of drug-likeness (QED) is 0.0895. The molecule has 0 radical (unpaired) electrons. The number of carbonyl (C=O) groups is 4. The first-order valence-corrected chi connectivity index (χ1v) is 15.3. The van der Waals surface area contributed by atoms with Crippen molar-refractivity contribution in [2.75, 3.05) is 29.6 Å². The molecule has 10 heteroatoms. The molecule has 9 nitrogen and oxygen atoms in total. The fraction of sp³-hybridized carbons (Fsp3) is 0.143. The highest BCUT2D eigenvalue weighted by atomic mass is 32.2. The summed E-state index contributed by atoms with van der Waals surface area (Å²) in [5, 5.41) is 8.36. The molecule has 3 amide bonds. The molecule has 4 aromatic carbocycles. The van der Waals surface area contributed by atoms with Gasteiger partial charge in [0.1, 0.15) is 11.4 Å². The Morgan fingerprint density at radius 1 is 0.711 bits per heavy atom. The molecule has 0 aliphatic rings. The Morgan fingerprint density at radius 3 is 2.04 bits per heavy atom. The molecule has 3 N–H and O–H groups in total. The van der Waals surface area contributed by atoms with Crippen molar-refractivity contribution in [3.05, 3.63) is 126 Å². The Labute approximate surface area is 266 Å². The van der Waals surface area contributed by atoms with Crippen molar-refractivity contribution in [3.8, 4) is 5.75 Å². The van der Waals surface area contributed by atoms with Crippen LogP contribution in [-0.2, 0) is 14.3 Å². The lowest BCUT2D eigenvalue weighted by Crippen LogP contribution is -2.30. The summed E-state index contributed by atoms with van der Waals surface area (Å²) >= 11 is 1.33. The number of thioether (sulfide) groups is 1. The van der Waals surface area contributed by atoms with Crippen molar-refractivity contribution in [3.63, 3.8) is 0 Å². The molecular weight excluding hydrogens is 590 g/mol. The topological polar surface area (TPSA) is 123 Å². The predicted molar refractivity (Wildman–Crippen MR) is 176 cm³/mol. The van der Waals surface area contributed by atoms with Crippen LogP contribution in [0.1, 0.15) is 40.1 Å². The lowest BCUT2D eigenvalue weighted by Gasteiger charge is -2.13. The van der Waals surface area contributed by atoms with E-state index in [9.17, 15) is 19.2 Å². The maximum absolute atomic E-state index is 13.4. The summed E-state index contributed by atoms with van der Waals surface area (Å²) in [6, 6.07) is 29.4. The summed E-state index contributed by atoms with van der Waals surface area (Å²) in [7, 11) is 0. The Bertz CT molecular complexity index is 1660. The molecule has 0 aliphatic heterocycles. The molecule has 0 saturated carbocycles. The molecule has 0 saturated heterocycles. The Balaban J connectivity index is 1.39. The summed E-state index contributed by atoms with van der Waals surface area (Å²) in [4.78, 5) is 51.4. The number of amides is 3. The van der Waals surface area contributed by atoms with Crippen LogP contribution in [-0.4, -0.2) is 42.7 Å². The third-order valence-electron chi connectivity index (χ3n) is 6.21. The molecule has 4 aromatic rings. The van der Waals surface area contributed by atoms with E-state index in [1.54, 1.807) is 104 Å². The summed E-state index contributed by atoms with van der Waals surface area (Å²) in [6.07, 6.45) is 1.58. The van der Waals surface area contributed by atoms with Crippen LogP contribution < -0.4 is 20.7 Å². The normalized spacial score (nSPS) is 10.8. The van der Waals surface area contributed by atoms with Crippen LogP contribution in [0.3, 0.4) is 0 Å². The summed E-state index contributed by atoms with van der Waals surface area (Å²) in [5.41, 5.74) is 2.58. The van der Waals surface area contributed by atoms with E-state index < -0.39 is 17.8 Å². The number of esters is 1. The van der Waals surface area contributed by atoms with Gasteiger partial charge in [0.05, 0.1) is 24.5 Å². The second kappa shape index (κ2) is 16.5. The smallest absolute Gasteiger partial charge is 0.338 e. The zero-order valence-corrected chi connectivity index (χ0v) is 25.7. The zero-order valence-electron chi connectivity index (χ0n) is 24.9. The minimum atomic E-state index is -0.515. The van der Waals surface area contributed by atoms with Gasteiger partial charge in [-0.2, -0.15) is 0 Å². The fourth-order valence-electron chi connectivity index (χ4n) is 4.07. The largest absolute Gasteiger partial charge is 0.493 e. The molecule has 0 aliphatic carbocycles. The van der Waals surface area contributed by atoms with Crippen LogP contribution in [0.2, 0.25) is 0 Å². The van der Waals surface area contributed by atoms with Gasteiger partial charge in [0.25, 0.3) is 11.8 Å². The van der Waals surface area contributed by atoms with Crippen molar-refractivity contribution >= 4 is 52.9 Å². The van der Waals surface area contributed by atoms with E-state index >= 15 is 0 Å². The first kappa shape index (κ1) is 32.6. The Kier molecular flexibility index (Phi) is 11.9. The maximum Gasteiger partial charge on any atom is 0.338 e. The second-order valence-electron chi connectivity index (χ2n) is 9.46. The summed E-state index contributed by atoms with van der Waals surface area (Å²) in [5.74, 6) is -0.828. The van der Waals surface area contributed by atoms with Crippen molar-refractivity contribution < 1.29 is 28.7 Å². The molecule has 45 heavy (non-hydrogen) atoms. The minimum Gasteiger partial charge on any atom is -0.493 e. The molecule has 0 fully saturated rings. The number of hydrogen-bond donors (Lipinski definition) is 3. The van der Waals surface area contributed by atoms with Gasteiger partial charge in [-0.1, -0.05) is 36.4 Å². The number of benzene rings is 4. The van der Waals surface area contributed by atoms with Crippen LogP contribution in [0.15, 0.2) is 114 Å². The van der Waals surface area contributed by atoms with E-state index in [1.807, 2.05) is 19.1 Å². The van der Waals surface area contributed by atoms with Crippen LogP contribution >= 0.6 is 11.8 Å². The molecular formula is C35H33N3O6S. The van der Waals surface area contributed by atoms with E-state index in [2.05, 4.69) is 16.0 Å². The van der Waals surface area contributed by atoms with Crippen LogP contribution in [0.25, 0.3) is 6.08 Å². The van der Waals surface area contributed by atoms with Gasteiger partial charge in [-0.3, -0.25) is 14.4 Å². The van der Waals surface area contributed by atoms with Gasteiger partial charge in [0.2, 0.25) is 5.91 Å². The molecule has 0 heterocycles. The van der Waals surface area contributed by atoms with E-state index in [1.165, 1.54) is 11.8 Å². The van der Waals surface area contributed by atoms with Gasteiger partial charge >= 0.3 is 5.97 Å². The van der Waals surface area contributed by atoms with Crippen LogP contribution in [0, 0.1) is 0 Å². The number of carbonyl (C=O) groups excluding carboxylic acids is 4. The highest BCUT2D eigenvalue weighted by Gasteiger charge is 2.16. The highest BCUT2D eigenvalue weighted by Crippen LogP contribution is 2.23. The van der Waals surface area contributed by atoms with Crippen molar-refractivity contribution in [1.29, 1.82) is 0 Å². The first-order chi connectivity index (χ1) is 21.9. The number of anilines is 2. The van der Waals surface area contributed by atoms with Crippen molar-refractivity contribution in [2.45, 2.75) is 18.7 Å². The lowest BCUT2D eigenvalue weighted by molar-refractivity contribution is -0.114. The molecule has 0 spiro atoms. The third-order valence-corrected chi connectivity index (χ3v) is 7.22. The highest BCUT2D eigenvalue weighted by molar-refractivity contribution is 8.00. The van der Waals surface area contributed by atoms with Gasteiger partial charge in [0, 0.05) is 27.4 Å². The molecule has 0 atom stereocenters. The van der Waals surface area contributed by atoms with E-state index in [-0.39, 0.29) is 24.0 Å². The molecule has 0 bridgehead atoms. The van der Waals surface area contributed by atoms with Crippen molar-refractivity contribution in [1.82, 2.24) is 5.32 Å². The standard InChI is InChI=1S/C35H33N3O6S/c1-3-43-31-13-9-8-12-26(31)22-30(38-33(40)24-10-6-5-7-11-24)34(41)37-28-18-20-29(21-19-28)45-23-32(39)36-27-16-14-25(15-17-27)35(42)44-4-2/h5-22H,3-4,23H2,1-2H3,(H,36,39)(H,37,41)(H,38,40)/b30-22-. The number of ether oxygens (including phenoxy) is 2. The van der Waals surface area contributed by atoms with Crippen LogP contribution in [0.5, 0.6) is 5.75 Å². The number of rotatable bonds is 13. The third kappa shape index (κ3) is 9.84. The van der Waals surface area contributed by atoms with Gasteiger partial charge in [-0.15, -0.1) is 11.8 Å². The van der Waals surface area contributed by atoms with E-state index in [0.717, 1.165) is 4.90 Å². The Hall–Kier alpha value is -5.35. The summed E-state index contributed by atoms with van der Waals surface area (Å²) in [6.45, 7) is 4.34. The summed E-state index contributed by atoms with van der Waals surface area (Å²) < 4.78 is 10.7. The number of hydrogen-bond acceptors (Lipinski definition) is 7. The lowest BCUT2D eigenvalue weighted by atomic mass is 10.1. The predicted octanol–water partition coefficient (Wildman–Crippen LogP) is 6.40. The Morgan fingerprint density at radius 2 is 1.36 bits per heavy atom. The van der Waals surface area contributed by atoms with Gasteiger partial charge in [-0.05, 0) is 86.7 Å². The zero-order chi connectivity index (χ0) is 32.0. The molecule has 4 rings (SSSR count). The van der Waals surface area contributed by atoms with Gasteiger partial charge in [0.15, 0.2) is 0 Å². The molecule has 230 valence electrons. The SMILES string of the molecule is CCOC(=O)c1ccc(NC(=O)CSc2ccc(NC(=O)/C(=C/c3ccccc3OCC)NC(=O)c3ccccc3)cc2)cc1. The van der Waals surface area contributed by atoms with Crippen molar-refractivity contribution in [2.24, 2.45) is 0 Å². The fourth-order valence-corrected chi connectivity index (χ4v) is 4.77. The average Bonchev–Trinajstić information content (AvgIpc) is 3.06. The molecule has 0 unspecified atom stereocenters. The second-order valence-corrected chi connectivity index (χ2v) is 10.5. The van der Waals surface area contributed by atoms with E-state index in [4.69, 9.17) is 9.47 Å². The molecule has 0 aromatic heterocycles. The monoisotopic (exact) mass is 623 g/mol. The average molecular weight is 624 g/mol. The minimum absolute atomic E-state index is 0.0430.